The van der Waals surface area contributed by atoms with E-state index in [-0.39, 0.29) is 18.4 Å². The number of benzene rings is 2. The van der Waals surface area contributed by atoms with E-state index in [9.17, 15) is 5.11 Å². The van der Waals surface area contributed by atoms with Crippen LogP contribution in [0.25, 0.3) is 0 Å². The summed E-state index contributed by atoms with van der Waals surface area (Å²) >= 11 is 0. The molecular formula is C22H31ClN2O. The number of hydrogen-bond acceptors (Lipinski definition) is 2. The summed E-state index contributed by atoms with van der Waals surface area (Å²) < 4.78 is 0. The fourth-order valence-corrected chi connectivity index (χ4v) is 3.81. The lowest BCUT2D eigenvalue weighted by molar-refractivity contribution is -0.905. The van der Waals surface area contributed by atoms with Crippen molar-refractivity contribution in [3.8, 4) is 0 Å². The van der Waals surface area contributed by atoms with E-state index in [1.165, 1.54) is 38.0 Å². The minimum atomic E-state index is -0.402. The molecule has 2 N–H and O–H groups in total. The largest absolute Gasteiger partial charge is 1.00 e. The Morgan fingerprint density at radius 1 is 0.962 bits per heavy atom. The summed E-state index contributed by atoms with van der Waals surface area (Å²) in [7, 11) is 0. The summed E-state index contributed by atoms with van der Waals surface area (Å²) in [4.78, 5) is 4.15. The number of rotatable bonds is 7. The summed E-state index contributed by atoms with van der Waals surface area (Å²) in [5.74, 6) is 0. The minimum Gasteiger partial charge on any atom is -1.00 e. The van der Waals surface area contributed by atoms with E-state index in [4.69, 9.17) is 0 Å². The molecule has 1 fully saturated rings. The van der Waals surface area contributed by atoms with Crippen LogP contribution in [-0.2, 0) is 6.42 Å². The maximum absolute atomic E-state index is 10.6. The third kappa shape index (κ3) is 5.82. The maximum atomic E-state index is 10.6. The molecule has 2 aromatic rings. The molecule has 0 saturated carbocycles. The molecule has 0 aliphatic carbocycles. The van der Waals surface area contributed by atoms with E-state index in [1.807, 2.05) is 30.3 Å². The fourth-order valence-electron chi connectivity index (χ4n) is 3.81. The highest BCUT2D eigenvalue weighted by Crippen LogP contribution is 2.20. The highest BCUT2D eigenvalue weighted by atomic mass is 35.5. The standard InChI is InChI=1S/C22H30N2O.ClH/c1-19(22(25)21-12-6-3-7-13-21)24-17-15-23(16-18-24)14-8-11-20-9-4-2-5-10-20;/h2-7,9-10,12-13,19,22,25H,8,11,14-18H2,1H3;1H. The van der Waals surface area contributed by atoms with Crippen LogP contribution in [0.15, 0.2) is 60.7 Å². The van der Waals surface area contributed by atoms with Crippen LogP contribution in [0.1, 0.15) is 30.6 Å². The predicted octanol–water partition coefficient (Wildman–Crippen LogP) is -1.05. The zero-order chi connectivity index (χ0) is 17.5. The van der Waals surface area contributed by atoms with Crippen LogP contribution < -0.4 is 17.3 Å². The maximum Gasteiger partial charge on any atom is 0.0942 e. The van der Waals surface area contributed by atoms with Gasteiger partial charge in [0.2, 0.25) is 0 Å². The van der Waals surface area contributed by atoms with Gasteiger partial charge in [-0.1, -0.05) is 60.7 Å². The van der Waals surface area contributed by atoms with Gasteiger partial charge in [0, 0.05) is 25.6 Å². The van der Waals surface area contributed by atoms with Crippen LogP contribution in [0, 0.1) is 0 Å². The fraction of sp³-hybridized carbons (Fsp3) is 0.455. The monoisotopic (exact) mass is 374 g/mol. The first kappa shape index (κ1) is 20.9. The van der Waals surface area contributed by atoms with Gasteiger partial charge >= 0.3 is 0 Å². The van der Waals surface area contributed by atoms with E-state index in [2.05, 4.69) is 42.2 Å². The molecule has 4 heteroatoms. The molecule has 0 aromatic heterocycles. The zero-order valence-electron chi connectivity index (χ0n) is 15.7. The van der Waals surface area contributed by atoms with Crippen LogP contribution in [0.3, 0.4) is 0 Å². The van der Waals surface area contributed by atoms with E-state index in [1.54, 1.807) is 4.90 Å². The highest BCUT2D eigenvalue weighted by Gasteiger charge is 2.28. The Morgan fingerprint density at radius 2 is 1.54 bits per heavy atom. The molecule has 1 aliphatic heterocycles. The smallest absolute Gasteiger partial charge is 0.0942 e. The van der Waals surface area contributed by atoms with E-state index < -0.39 is 6.10 Å². The summed E-state index contributed by atoms with van der Waals surface area (Å²) in [6.45, 7) is 7.91. The lowest BCUT2D eigenvalue weighted by atomic mass is 10.0. The van der Waals surface area contributed by atoms with Crippen molar-refractivity contribution >= 4 is 0 Å². The number of nitrogens with zero attached hydrogens (tertiary/aromatic N) is 1. The van der Waals surface area contributed by atoms with E-state index in [0.717, 1.165) is 18.7 Å². The van der Waals surface area contributed by atoms with Gasteiger partial charge in [-0.05, 0) is 24.5 Å². The Kier molecular flexibility index (Phi) is 8.60. The molecule has 1 saturated heterocycles. The molecule has 3 nitrogen and oxygen atoms in total. The number of piperazine rings is 1. The topological polar surface area (TPSA) is 27.9 Å². The van der Waals surface area contributed by atoms with E-state index >= 15 is 0 Å². The third-order valence-electron chi connectivity index (χ3n) is 5.52. The number of aliphatic hydroxyl groups is 1. The highest BCUT2D eigenvalue weighted by molar-refractivity contribution is 5.18. The van der Waals surface area contributed by atoms with Gasteiger partial charge < -0.3 is 22.4 Å². The summed E-state index contributed by atoms with van der Waals surface area (Å²) in [6, 6.07) is 21.0. The van der Waals surface area contributed by atoms with Crippen molar-refractivity contribution in [3.63, 3.8) is 0 Å². The molecule has 2 unspecified atom stereocenters. The second-order valence-corrected chi connectivity index (χ2v) is 7.22. The lowest BCUT2D eigenvalue weighted by Crippen LogP contribution is -3.14. The van der Waals surface area contributed by atoms with Gasteiger partial charge in [-0.2, -0.15) is 0 Å². The van der Waals surface area contributed by atoms with Crippen molar-refractivity contribution in [3.05, 3.63) is 71.8 Å². The van der Waals surface area contributed by atoms with E-state index in [0.29, 0.717) is 0 Å². The molecule has 142 valence electrons. The van der Waals surface area contributed by atoms with Gasteiger partial charge in [-0.3, -0.25) is 4.90 Å². The molecule has 1 aliphatic rings. The SMILES string of the molecule is CC(C(O)c1ccccc1)N1CC[NH+](CCCc2ccccc2)CC1.[Cl-]. The molecule has 0 spiro atoms. The Hall–Kier alpha value is -1.39. The molecule has 26 heavy (non-hydrogen) atoms. The van der Waals surface area contributed by atoms with Crippen LogP contribution in [-0.4, -0.2) is 48.8 Å². The van der Waals surface area contributed by atoms with Gasteiger partial charge in [0.15, 0.2) is 0 Å². The molecule has 0 bridgehead atoms. The first-order chi connectivity index (χ1) is 12.2. The van der Waals surface area contributed by atoms with Crippen molar-refractivity contribution in [2.24, 2.45) is 0 Å². The van der Waals surface area contributed by atoms with Gasteiger partial charge in [0.05, 0.1) is 25.7 Å². The Morgan fingerprint density at radius 3 is 2.15 bits per heavy atom. The van der Waals surface area contributed by atoms with Crippen LogP contribution in [0.5, 0.6) is 0 Å². The molecule has 2 atom stereocenters. The third-order valence-corrected chi connectivity index (χ3v) is 5.52. The number of aryl methyl sites for hydroxylation is 1. The first-order valence-electron chi connectivity index (χ1n) is 9.58. The van der Waals surface area contributed by atoms with Crippen LogP contribution >= 0.6 is 0 Å². The molecule has 0 radical (unpaired) electrons. The van der Waals surface area contributed by atoms with Crippen molar-refractivity contribution < 1.29 is 22.4 Å². The normalized spacial score (nSPS) is 18.1. The number of quaternary nitrogens is 1. The molecule has 1 heterocycles. The predicted molar refractivity (Wildman–Crippen MR) is 103 cm³/mol. The summed E-state index contributed by atoms with van der Waals surface area (Å²) in [6.07, 6.45) is 2.03. The summed E-state index contributed by atoms with van der Waals surface area (Å²) in [5, 5.41) is 10.6. The second kappa shape index (κ2) is 10.7. The molecular weight excluding hydrogens is 344 g/mol. The molecule has 2 aromatic carbocycles. The summed E-state index contributed by atoms with van der Waals surface area (Å²) in [5.41, 5.74) is 2.47. The Bertz CT molecular complexity index is 615. The van der Waals surface area contributed by atoms with Gasteiger partial charge in [0.25, 0.3) is 0 Å². The van der Waals surface area contributed by atoms with Crippen molar-refractivity contribution in [1.82, 2.24) is 4.90 Å². The molecule has 0 amide bonds. The van der Waals surface area contributed by atoms with Crippen molar-refractivity contribution in [2.75, 3.05) is 32.7 Å². The first-order valence-corrected chi connectivity index (χ1v) is 9.58. The number of aliphatic hydroxyl groups excluding tert-OH is 1. The molecule has 3 rings (SSSR count). The van der Waals surface area contributed by atoms with Gasteiger partial charge in [0.1, 0.15) is 0 Å². The number of hydrogen-bond donors (Lipinski definition) is 2. The number of halogens is 1. The zero-order valence-corrected chi connectivity index (χ0v) is 16.4. The Balaban J connectivity index is 0.00000243. The quantitative estimate of drug-likeness (QED) is 0.647. The Labute approximate surface area is 164 Å². The number of nitrogens with one attached hydrogen (secondary N) is 1. The van der Waals surface area contributed by atoms with Gasteiger partial charge in [-0.25, -0.2) is 0 Å². The van der Waals surface area contributed by atoms with Crippen molar-refractivity contribution in [1.29, 1.82) is 0 Å². The average molecular weight is 375 g/mol. The average Bonchev–Trinajstić information content (AvgIpc) is 2.69. The van der Waals surface area contributed by atoms with Gasteiger partial charge in [-0.15, -0.1) is 0 Å². The van der Waals surface area contributed by atoms with Crippen LogP contribution in [0.4, 0.5) is 0 Å². The van der Waals surface area contributed by atoms with Crippen LogP contribution in [0.2, 0.25) is 0 Å². The minimum absolute atomic E-state index is 0. The second-order valence-electron chi connectivity index (χ2n) is 7.22. The lowest BCUT2D eigenvalue weighted by Gasteiger charge is -2.37. The van der Waals surface area contributed by atoms with Crippen molar-refractivity contribution in [2.45, 2.75) is 31.9 Å².